The van der Waals surface area contributed by atoms with E-state index >= 15 is 0 Å². The Morgan fingerprint density at radius 2 is 1.61 bits per heavy atom. The van der Waals surface area contributed by atoms with Crippen molar-refractivity contribution in [2.75, 3.05) is 39.3 Å². The maximum Gasteiger partial charge on any atom is 0.0900 e. The van der Waals surface area contributed by atoms with Gasteiger partial charge in [-0.1, -0.05) is 61.0 Å². The smallest absolute Gasteiger partial charge is 0.0900 e. The zero-order chi connectivity index (χ0) is 19.8. The van der Waals surface area contributed by atoms with Crippen molar-refractivity contribution in [3.63, 3.8) is 0 Å². The van der Waals surface area contributed by atoms with Crippen LogP contribution in [0.1, 0.15) is 30.6 Å². The number of nitrogens with zero attached hydrogens (tertiary/aromatic N) is 2. The van der Waals surface area contributed by atoms with Gasteiger partial charge in [-0.3, -0.25) is 9.80 Å². The monoisotopic (exact) mass is 402 g/mol. The maximum atomic E-state index is 10.4. The van der Waals surface area contributed by atoms with Gasteiger partial charge >= 0.3 is 0 Å². The Labute approximate surface area is 173 Å². The van der Waals surface area contributed by atoms with Crippen LogP contribution in [0.3, 0.4) is 0 Å². The highest BCUT2D eigenvalue weighted by molar-refractivity contribution is 6.30. The highest BCUT2D eigenvalue weighted by atomic mass is 35.5. The van der Waals surface area contributed by atoms with E-state index in [1.165, 1.54) is 11.1 Å². The molecule has 0 bridgehead atoms. The molecule has 3 rings (SSSR count). The lowest BCUT2D eigenvalue weighted by Gasteiger charge is -2.35. The van der Waals surface area contributed by atoms with Crippen molar-refractivity contribution in [1.82, 2.24) is 9.80 Å². The first-order valence-electron chi connectivity index (χ1n) is 10.2. The molecule has 2 aromatic rings. The number of halogens is 1. The van der Waals surface area contributed by atoms with Crippen molar-refractivity contribution < 1.29 is 9.84 Å². The highest BCUT2D eigenvalue weighted by Crippen LogP contribution is 2.21. The zero-order valence-corrected chi connectivity index (χ0v) is 17.4. The molecule has 0 amide bonds. The number of aliphatic hydroxyl groups is 1. The second kappa shape index (κ2) is 10.9. The normalized spacial score (nSPS) is 18.1. The van der Waals surface area contributed by atoms with Crippen molar-refractivity contribution in [2.24, 2.45) is 0 Å². The minimum Gasteiger partial charge on any atom is -0.389 e. The first kappa shape index (κ1) is 21.3. The first-order valence-corrected chi connectivity index (χ1v) is 10.6. The molecule has 28 heavy (non-hydrogen) atoms. The molecular formula is C23H31ClN2O2. The molecule has 4 nitrogen and oxygen atoms in total. The Morgan fingerprint density at radius 1 is 0.964 bits per heavy atom. The fourth-order valence-corrected chi connectivity index (χ4v) is 3.80. The summed E-state index contributed by atoms with van der Waals surface area (Å²) >= 11 is 5.96. The molecule has 1 aliphatic heterocycles. The van der Waals surface area contributed by atoms with Crippen LogP contribution in [-0.2, 0) is 11.3 Å². The summed E-state index contributed by atoms with van der Waals surface area (Å²) in [4.78, 5) is 4.78. The number of hydrogen-bond donors (Lipinski definition) is 1. The second-order valence-corrected chi connectivity index (χ2v) is 7.93. The third-order valence-corrected chi connectivity index (χ3v) is 5.54. The summed E-state index contributed by atoms with van der Waals surface area (Å²) in [6.07, 6.45) is 0.493. The number of β-amino-alcohol motifs (C(OH)–C–C–N with tert-alkyl or cyclic N) is 1. The molecule has 2 atom stereocenters. The third-order valence-electron chi connectivity index (χ3n) is 5.29. The number of piperazine rings is 1. The van der Waals surface area contributed by atoms with Crippen molar-refractivity contribution in [1.29, 1.82) is 0 Å². The molecule has 1 aliphatic rings. The van der Waals surface area contributed by atoms with E-state index in [4.69, 9.17) is 16.3 Å². The summed E-state index contributed by atoms with van der Waals surface area (Å²) in [6, 6.07) is 18.3. The molecule has 0 radical (unpaired) electrons. The molecule has 5 heteroatoms. The Balaban J connectivity index is 1.37. The topological polar surface area (TPSA) is 35.9 Å². The Kier molecular flexibility index (Phi) is 8.31. The van der Waals surface area contributed by atoms with E-state index in [1.54, 1.807) is 0 Å². The molecule has 0 aliphatic carbocycles. The molecule has 0 unspecified atom stereocenters. The molecule has 1 fully saturated rings. The molecular weight excluding hydrogens is 372 g/mol. The van der Waals surface area contributed by atoms with Crippen molar-refractivity contribution in [3.05, 3.63) is 70.7 Å². The number of rotatable bonds is 9. The van der Waals surface area contributed by atoms with Crippen LogP contribution in [0.5, 0.6) is 0 Å². The second-order valence-electron chi connectivity index (χ2n) is 7.50. The summed E-state index contributed by atoms with van der Waals surface area (Å²) in [6.45, 7) is 8.07. The Hall–Kier alpha value is -1.43. The van der Waals surface area contributed by atoms with Crippen molar-refractivity contribution in [3.8, 4) is 0 Å². The minimum absolute atomic E-state index is 0.0482. The number of ether oxygens (including phenoxy) is 1. The van der Waals surface area contributed by atoms with Gasteiger partial charge in [-0.05, 0) is 29.7 Å². The van der Waals surface area contributed by atoms with Crippen molar-refractivity contribution in [2.45, 2.75) is 32.1 Å². The standard InChI is InChI=1S/C23H31ClN2O2/c1-2-23(20-6-4-3-5-7-20)28-18-22(27)17-26-14-12-25(13-15-26)16-19-8-10-21(24)11-9-19/h3-11,22-23,27H,2,12-18H2,1H3/t22-,23+/m0/s1. The van der Waals surface area contributed by atoms with Gasteiger partial charge in [-0.2, -0.15) is 0 Å². The molecule has 1 saturated heterocycles. The van der Waals surface area contributed by atoms with Gasteiger partial charge in [0.1, 0.15) is 0 Å². The van der Waals surface area contributed by atoms with E-state index in [2.05, 4.69) is 41.0 Å². The van der Waals surface area contributed by atoms with Gasteiger partial charge in [0.25, 0.3) is 0 Å². The van der Waals surface area contributed by atoms with Gasteiger partial charge in [-0.25, -0.2) is 0 Å². The molecule has 0 saturated carbocycles. The van der Waals surface area contributed by atoms with Gasteiger partial charge in [0.15, 0.2) is 0 Å². The van der Waals surface area contributed by atoms with Crippen LogP contribution in [0.2, 0.25) is 5.02 Å². The van der Waals surface area contributed by atoms with E-state index in [1.807, 2.05) is 30.3 Å². The van der Waals surface area contributed by atoms with E-state index in [9.17, 15) is 5.11 Å². The molecule has 152 valence electrons. The van der Waals surface area contributed by atoms with Crippen molar-refractivity contribution >= 4 is 11.6 Å². The van der Waals surface area contributed by atoms with Gasteiger partial charge in [0, 0.05) is 44.3 Å². The maximum absolute atomic E-state index is 10.4. The lowest BCUT2D eigenvalue weighted by atomic mass is 10.1. The Morgan fingerprint density at radius 3 is 2.25 bits per heavy atom. The number of hydrogen-bond acceptors (Lipinski definition) is 4. The van der Waals surface area contributed by atoms with Crippen LogP contribution in [-0.4, -0.2) is 60.3 Å². The predicted molar refractivity (Wildman–Crippen MR) is 115 cm³/mol. The van der Waals surface area contributed by atoms with Crippen LogP contribution in [0.15, 0.2) is 54.6 Å². The summed E-state index contributed by atoms with van der Waals surface area (Å²) in [5, 5.41) is 11.2. The molecule has 1 N–H and O–H groups in total. The lowest BCUT2D eigenvalue weighted by molar-refractivity contribution is -0.0284. The molecule has 2 aromatic carbocycles. The van der Waals surface area contributed by atoms with E-state index in [-0.39, 0.29) is 6.10 Å². The van der Waals surface area contributed by atoms with Crippen LogP contribution in [0.25, 0.3) is 0 Å². The lowest BCUT2D eigenvalue weighted by Crippen LogP contribution is -2.48. The SMILES string of the molecule is CC[C@@H](OC[C@@H](O)CN1CCN(Cc2ccc(Cl)cc2)CC1)c1ccccc1. The van der Waals surface area contributed by atoms with Gasteiger partial charge in [-0.15, -0.1) is 0 Å². The van der Waals surface area contributed by atoms with E-state index in [0.717, 1.165) is 44.2 Å². The summed E-state index contributed by atoms with van der Waals surface area (Å²) in [5.41, 5.74) is 2.46. The fraction of sp³-hybridized carbons (Fsp3) is 0.478. The summed E-state index contributed by atoms with van der Waals surface area (Å²) < 4.78 is 5.99. The van der Waals surface area contributed by atoms with Gasteiger partial charge < -0.3 is 9.84 Å². The zero-order valence-electron chi connectivity index (χ0n) is 16.6. The predicted octanol–water partition coefficient (Wildman–Crippen LogP) is 3.99. The first-order chi connectivity index (χ1) is 13.6. The number of aliphatic hydroxyl groups excluding tert-OH is 1. The summed E-state index contributed by atoms with van der Waals surface area (Å²) in [7, 11) is 0. The Bertz CT molecular complexity index is 688. The van der Waals surface area contributed by atoms with Gasteiger partial charge in [0.2, 0.25) is 0 Å². The third kappa shape index (κ3) is 6.57. The van der Waals surface area contributed by atoms with Crippen LogP contribution in [0, 0.1) is 0 Å². The number of benzene rings is 2. The van der Waals surface area contributed by atoms with E-state index < -0.39 is 6.10 Å². The van der Waals surface area contributed by atoms with Crippen LogP contribution < -0.4 is 0 Å². The molecule has 0 aromatic heterocycles. The molecule has 0 spiro atoms. The minimum atomic E-state index is -0.458. The molecule has 1 heterocycles. The highest BCUT2D eigenvalue weighted by Gasteiger charge is 2.20. The summed E-state index contributed by atoms with van der Waals surface area (Å²) in [5.74, 6) is 0. The quantitative estimate of drug-likeness (QED) is 0.688. The van der Waals surface area contributed by atoms with Crippen LogP contribution in [0.4, 0.5) is 0 Å². The van der Waals surface area contributed by atoms with Gasteiger partial charge in [0.05, 0.1) is 18.8 Å². The average molecular weight is 403 g/mol. The largest absolute Gasteiger partial charge is 0.389 e. The van der Waals surface area contributed by atoms with Crippen LogP contribution >= 0.6 is 11.6 Å². The fourth-order valence-electron chi connectivity index (χ4n) is 3.67. The average Bonchev–Trinajstić information content (AvgIpc) is 2.72. The van der Waals surface area contributed by atoms with E-state index in [0.29, 0.717) is 13.2 Å².